The van der Waals surface area contributed by atoms with Gasteiger partial charge in [-0.3, -0.25) is 0 Å². The molecule has 3 aromatic rings. The molecule has 124 valence electrons. The van der Waals surface area contributed by atoms with Gasteiger partial charge in [-0.1, -0.05) is 24.3 Å². The van der Waals surface area contributed by atoms with Crippen molar-refractivity contribution in [3.05, 3.63) is 59.4 Å². The third kappa shape index (κ3) is 2.76. The molecule has 2 heterocycles. The molecule has 4 nitrogen and oxygen atoms in total. The largest absolute Gasteiger partial charge is 0.369 e. The third-order valence-electron chi connectivity index (χ3n) is 4.87. The highest BCUT2D eigenvalue weighted by atomic mass is 19.1. The smallest absolute Gasteiger partial charge is 0.201 e. The van der Waals surface area contributed by atoms with Gasteiger partial charge in [0.1, 0.15) is 5.82 Å². The Hall–Kier alpha value is -2.40. The Morgan fingerprint density at radius 3 is 2.62 bits per heavy atom. The average molecular weight is 324 g/mol. The summed E-state index contributed by atoms with van der Waals surface area (Å²) in [6, 6.07) is 12.9. The standard InChI is InChI=1S/C19H21FN4/c20-15-6-4-13(5-7-15)12-24-17-3-1-2-16(18(17)23-19(24)21)14-8-10-22-11-9-14/h1-7,14,22H,8-12H2,(H2,21,23). The van der Waals surface area contributed by atoms with E-state index >= 15 is 0 Å². The van der Waals surface area contributed by atoms with Gasteiger partial charge in [0, 0.05) is 0 Å². The first-order chi connectivity index (χ1) is 11.7. The summed E-state index contributed by atoms with van der Waals surface area (Å²) in [5.41, 5.74) is 10.5. The molecule has 0 atom stereocenters. The molecule has 0 bridgehead atoms. The second-order valence-electron chi connectivity index (χ2n) is 6.42. The second-order valence-corrected chi connectivity index (χ2v) is 6.42. The van der Waals surface area contributed by atoms with Crippen molar-refractivity contribution in [2.45, 2.75) is 25.3 Å². The minimum atomic E-state index is -0.226. The molecule has 5 heteroatoms. The molecule has 24 heavy (non-hydrogen) atoms. The van der Waals surface area contributed by atoms with Crippen LogP contribution in [0.5, 0.6) is 0 Å². The molecule has 1 aliphatic rings. The normalized spacial score (nSPS) is 15.9. The summed E-state index contributed by atoms with van der Waals surface area (Å²) in [6.07, 6.45) is 2.26. The van der Waals surface area contributed by atoms with E-state index in [1.165, 1.54) is 17.7 Å². The van der Waals surface area contributed by atoms with Gasteiger partial charge in [0.25, 0.3) is 0 Å². The molecule has 1 aliphatic heterocycles. The maximum absolute atomic E-state index is 13.1. The van der Waals surface area contributed by atoms with Crippen molar-refractivity contribution in [2.24, 2.45) is 0 Å². The van der Waals surface area contributed by atoms with Crippen LogP contribution in [-0.4, -0.2) is 22.6 Å². The summed E-state index contributed by atoms with van der Waals surface area (Å²) < 4.78 is 15.1. The zero-order valence-electron chi connectivity index (χ0n) is 13.5. The number of fused-ring (bicyclic) bond motifs is 1. The Labute approximate surface area is 140 Å². The predicted molar refractivity (Wildman–Crippen MR) is 94.5 cm³/mol. The monoisotopic (exact) mass is 324 g/mol. The van der Waals surface area contributed by atoms with Gasteiger partial charge in [0.15, 0.2) is 0 Å². The quantitative estimate of drug-likeness (QED) is 0.777. The van der Waals surface area contributed by atoms with Crippen LogP contribution in [0, 0.1) is 5.82 Å². The van der Waals surface area contributed by atoms with Crippen molar-refractivity contribution >= 4 is 17.0 Å². The van der Waals surface area contributed by atoms with Crippen LogP contribution in [-0.2, 0) is 6.54 Å². The van der Waals surface area contributed by atoms with Crippen molar-refractivity contribution in [3.8, 4) is 0 Å². The van der Waals surface area contributed by atoms with E-state index in [-0.39, 0.29) is 5.82 Å². The van der Waals surface area contributed by atoms with Gasteiger partial charge in [0.05, 0.1) is 17.6 Å². The number of para-hydroxylation sites is 1. The molecule has 0 radical (unpaired) electrons. The Morgan fingerprint density at radius 2 is 1.88 bits per heavy atom. The van der Waals surface area contributed by atoms with Gasteiger partial charge in [-0.2, -0.15) is 0 Å². The SMILES string of the molecule is Nc1nc2c(C3CCNCC3)cccc2n1Cc1ccc(F)cc1. The molecule has 0 spiro atoms. The number of nitrogens with two attached hydrogens (primary N) is 1. The summed E-state index contributed by atoms with van der Waals surface area (Å²) in [4.78, 5) is 4.65. The molecule has 0 aliphatic carbocycles. The van der Waals surface area contributed by atoms with E-state index in [4.69, 9.17) is 5.73 Å². The van der Waals surface area contributed by atoms with Crippen LogP contribution in [0.4, 0.5) is 10.3 Å². The lowest BCUT2D eigenvalue weighted by Gasteiger charge is -2.23. The number of benzene rings is 2. The number of halogens is 1. The van der Waals surface area contributed by atoms with E-state index in [2.05, 4.69) is 28.5 Å². The number of rotatable bonds is 3. The number of piperidine rings is 1. The summed E-state index contributed by atoms with van der Waals surface area (Å²) in [7, 11) is 0. The minimum Gasteiger partial charge on any atom is -0.369 e. The summed E-state index contributed by atoms with van der Waals surface area (Å²) in [5.74, 6) is 0.814. The third-order valence-corrected chi connectivity index (χ3v) is 4.87. The average Bonchev–Trinajstić information content (AvgIpc) is 2.93. The van der Waals surface area contributed by atoms with E-state index in [0.29, 0.717) is 18.4 Å². The molecule has 1 aromatic heterocycles. The first-order valence-electron chi connectivity index (χ1n) is 8.42. The van der Waals surface area contributed by atoms with Crippen LogP contribution in [0.25, 0.3) is 11.0 Å². The van der Waals surface area contributed by atoms with Crippen molar-refractivity contribution in [3.63, 3.8) is 0 Å². The molecule has 2 aromatic carbocycles. The highest BCUT2D eigenvalue weighted by Crippen LogP contribution is 2.32. The Morgan fingerprint density at radius 1 is 1.12 bits per heavy atom. The minimum absolute atomic E-state index is 0.226. The molecule has 4 rings (SSSR count). The van der Waals surface area contributed by atoms with Crippen molar-refractivity contribution in [1.29, 1.82) is 0 Å². The Kier molecular flexibility index (Phi) is 3.94. The van der Waals surface area contributed by atoms with E-state index in [9.17, 15) is 4.39 Å². The highest BCUT2D eigenvalue weighted by Gasteiger charge is 2.20. The number of nitrogens with zero attached hydrogens (tertiary/aromatic N) is 2. The summed E-state index contributed by atoms with van der Waals surface area (Å²) in [5, 5.41) is 3.41. The van der Waals surface area contributed by atoms with Crippen LogP contribution in [0.15, 0.2) is 42.5 Å². The number of hydrogen-bond donors (Lipinski definition) is 2. The van der Waals surface area contributed by atoms with E-state index in [1.54, 1.807) is 12.1 Å². The van der Waals surface area contributed by atoms with Gasteiger partial charge in [0.2, 0.25) is 5.95 Å². The second kappa shape index (κ2) is 6.24. The number of imidazole rings is 1. The molecule has 0 saturated carbocycles. The predicted octanol–water partition coefficient (Wildman–Crippen LogP) is 3.27. The maximum Gasteiger partial charge on any atom is 0.201 e. The van der Waals surface area contributed by atoms with Gasteiger partial charge in [-0.05, 0) is 61.2 Å². The van der Waals surface area contributed by atoms with E-state index in [1.807, 2.05) is 4.57 Å². The number of hydrogen-bond acceptors (Lipinski definition) is 3. The number of nitrogen functional groups attached to an aromatic ring is 1. The van der Waals surface area contributed by atoms with Gasteiger partial charge < -0.3 is 15.6 Å². The lowest BCUT2D eigenvalue weighted by molar-refractivity contribution is 0.462. The van der Waals surface area contributed by atoms with Gasteiger partial charge in [-0.15, -0.1) is 0 Å². The molecule has 1 saturated heterocycles. The first kappa shape index (κ1) is 15.1. The summed E-state index contributed by atoms with van der Waals surface area (Å²) >= 11 is 0. The fourth-order valence-electron chi connectivity index (χ4n) is 3.59. The number of anilines is 1. The fourth-order valence-corrected chi connectivity index (χ4v) is 3.59. The van der Waals surface area contributed by atoms with Crippen LogP contribution in [0.1, 0.15) is 29.9 Å². The van der Waals surface area contributed by atoms with Crippen molar-refractivity contribution < 1.29 is 4.39 Å². The van der Waals surface area contributed by atoms with Crippen molar-refractivity contribution in [2.75, 3.05) is 18.8 Å². The first-order valence-corrected chi connectivity index (χ1v) is 8.42. The van der Waals surface area contributed by atoms with Crippen LogP contribution in [0.3, 0.4) is 0 Å². The molecular weight excluding hydrogens is 303 g/mol. The van der Waals surface area contributed by atoms with Crippen LogP contribution >= 0.6 is 0 Å². The highest BCUT2D eigenvalue weighted by molar-refractivity contribution is 5.82. The van der Waals surface area contributed by atoms with Crippen molar-refractivity contribution in [1.82, 2.24) is 14.9 Å². The molecule has 3 N–H and O–H groups in total. The fraction of sp³-hybridized carbons (Fsp3) is 0.316. The Bertz CT molecular complexity index is 848. The molecule has 1 fully saturated rings. The van der Waals surface area contributed by atoms with Crippen LogP contribution < -0.4 is 11.1 Å². The van der Waals surface area contributed by atoms with Crippen LogP contribution in [0.2, 0.25) is 0 Å². The van der Waals surface area contributed by atoms with Gasteiger partial charge >= 0.3 is 0 Å². The topological polar surface area (TPSA) is 55.9 Å². The Balaban J connectivity index is 1.74. The lowest BCUT2D eigenvalue weighted by Crippen LogP contribution is -2.26. The molecular formula is C19H21FN4. The van der Waals surface area contributed by atoms with Gasteiger partial charge in [-0.25, -0.2) is 9.37 Å². The zero-order valence-corrected chi connectivity index (χ0v) is 13.5. The zero-order chi connectivity index (χ0) is 16.5. The van der Waals surface area contributed by atoms with E-state index < -0.39 is 0 Å². The molecule has 0 unspecified atom stereocenters. The number of aromatic nitrogens is 2. The number of nitrogens with one attached hydrogen (secondary N) is 1. The summed E-state index contributed by atoms with van der Waals surface area (Å²) in [6.45, 7) is 2.69. The maximum atomic E-state index is 13.1. The van der Waals surface area contributed by atoms with E-state index in [0.717, 1.165) is 42.5 Å². The molecule has 0 amide bonds. The lowest BCUT2D eigenvalue weighted by atomic mass is 9.89.